The number of pyridine rings is 1. The van der Waals surface area contributed by atoms with Gasteiger partial charge in [-0.3, -0.25) is 4.90 Å². The Morgan fingerprint density at radius 3 is 2.74 bits per heavy atom. The number of aromatic nitrogens is 1. The number of carbonyl (C=O) groups excluding carboxylic acids is 1. The summed E-state index contributed by atoms with van der Waals surface area (Å²) in [6, 6.07) is 1.73. The van der Waals surface area contributed by atoms with E-state index in [1.807, 2.05) is 20.8 Å². The maximum atomic E-state index is 12.1. The monoisotopic (exact) mass is 265 g/mol. The van der Waals surface area contributed by atoms with Crippen molar-refractivity contribution in [3.63, 3.8) is 0 Å². The molecule has 19 heavy (non-hydrogen) atoms. The molecular formula is C13H19N3O3. The SMILES string of the molecule is COc1cc2c(nc1N)CCN2C(=O)OC(C)(C)C. The van der Waals surface area contributed by atoms with Gasteiger partial charge in [0, 0.05) is 19.0 Å². The van der Waals surface area contributed by atoms with E-state index in [4.69, 9.17) is 15.2 Å². The van der Waals surface area contributed by atoms with Crippen LogP contribution in [0.4, 0.5) is 16.3 Å². The van der Waals surface area contributed by atoms with Gasteiger partial charge in [0.25, 0.3) is 0 Å². The number of hydrogen-bond acceptors (Lipinski definition) is 5. The van der Waals surface area contributed by atoms with Gasteiger partial charge in [0.1, 0.15) is 5.60 Å². The second kappa shape index (κ2) is 4.60. The summed E-state index contributed by atoms with van der Waals surface area (Å²) in [5.74, 6) is 0.807. The Balaban J connectivity index is 2.28. The van der Waals surface area contributed by atoms with Crippen LogP contribution in [0.5, 0.6) is 5.75 Å². The third-order valence-electron chi connectivity index (χ3n) is 2.77. The lowest BCUT2D eigenvalue weighted by molar-refractivity contribution is 0.0584. The molecule has 1 aliphatic rings. The minimum absolute atomic E-state index is 0.340. The summed E-state index contributed by atoms with van der Waals surface area (Å²) in [6.07, 6.45) is 0.294. The van der Waals surface area contributed by atoms with Crippen LogP contribution in [-0.4, -0.2) is 30.3 Å². The van der Waals surface area contributed by atoms with Crippen molar-refractivity contribution in [2.24, 2.45) is 0 Å². The van der Waals surface area contributed by atoms with Crippen LogP contribution in [-0.2, 0) is 11.2 Å². The van der Waals surface area contributed by atoms with Crippen LogP contribution in [0, 0.1) is 0 Å². The first kappa shape index (κ1) is 13.5. The number of carbonyl (C=O) groups is 1. The second-order valence-corrected chi connectivity index (χ2v) is 5.42. The highest BCUT2D eigenvalue weighted by Crippen LogP contribution is 2.34. The largest absolute Gasteiger partial charge is 0.493 e. The number of ether oxygens (including phenoxy) is 2. The summed E-state index contributed by atoms with van der Waals surface area (Å²) >= 11 is 0. The first-order chi connectivity index (χ1) is 8.81. The van der Waals surface area contributed by atoms with Crippen molar-refractivity contribution in [3.8, 4) is 5.75 Å². The number of methoxy groups -OCH3 is 1. The van der Waals surface area contributed by atoms with E-state index in [0.29, 0.717) is 30.2 Å². The van der Waals surface area contributed by atoms with Gasteiger partial charge in [-0.25, -0.2) is 9.78 Å². The van der Waals surface area contributed by atoms with Gasteiger partial charge < -0.3 is 15.2 Å². The Hall–Kier alpha value is -1.98. The molecule has 2 rings (SSSR count). The number of hydrogen-bond donors (Lipinski definition) is 1. The lowest BCUT2D eigenvalue weighted by Crippen LogP contribution is -2.35. The molecule has 1 aliphatic heterocycles. The molecule has 104 valence electrons. The maximum Gasteiger partial charge on any atom is 0.414 e. The van der Waals surface area contributed by atoms with Crippen LogP contribution in [0.2, 0.25) is 0 Å². The Kier molecular flexibility index (Phi) is 3.26. The van der Waals surface area contributed by atoms with Crippen LogP contribution in [0.15, 0.2) is 6.07 Å². The predicted molar refractivity (Wildman–Crippen MR) is 72.5 cm³/mol. The zero-order valence-electron chi connectivity index (χ0n) is 11.7. The molecule has 1 amide bonds. The molecule has 0 atom stereocenters. The summed E-state index contributed by atoms with van der Waals surface area (Å²) in [5.41, 5.74) is 6.74. The number of rotatable bonds is 1. The van der Waals surface area contributed by atoms with Crippen molar-refractivity contribution in [1.29, 1.82) is 0 Å². The van der Waals surface area contributed by atoms with Gasteiger partial charge in [-0.1, -0.05) is 0 Å². The van der Waals surface area contributed by atoms with Crippen LogP contribution >= 0.6 is 0 Å². The molecule has 0 radical (unpaired) electrons. The molecule has 0 unspecified atom stereocenters. The van der Waals surface area contributed by atoms with Crippen molar-refractivity contribution in [1.82, 2.24) is 4.98 Å². The molecule has 0 spiro atoms. The lowest BCUT2D eigenvalue weighted by atomic mass is 10.2. The number of anilines is 2. The number of nitrogens with zero attached hydrogens (tertiary/aromatic N) is 2. The molecule has 0 aromatic carbocycles. The van der Waals surface area contributed by atoms with Gasteiger partial charge in [-0.05, 0) is 20.8 Å². The first-order valence-electron chi connectivity index (χ1n) is 6.15. The van der Waals surface area contributed by atoms with Crippen molar-refractivity contribution >= 4 is 17.6 Å². The highest BCUT2D eigenvalue weighted by atomic mass is 16.6. The van der Waals surface area contributed by atoms with E-state index < -0.39 is 5.60 Å². The minimum Gasteiger partial charge on any atom is -0.493 e. The van der Waals surface area contributed by atoms with E-state index in [-0.39, 0.29) is 6.09 Å². The topological polar surface area (TPSA) is 77.7 Å². The summed E-state index contributed by atoms with van der Waals surface area (Å²) in [7, 11) is 1.52. The predicted octanol–water partition coefficient (Wildman–Crippen LogP) is 1.97. The van der Waals surface area contributed by atoms with Gasteiger partial charge in [0.2, 0.25) is 0 Å². The molecule has 0 bridgehead atoms. The summed E-state index contributed by atoms with van der Waals surface area (Å²) in [6.45, 7) is 6.06. The number of nitrogen functional groups attached to an aromatic ring is 1. The lowest BCUT2D eigenvalue weighted by Gasteiger charge is -2.24. The fourth-order valence-corrected chi connectivity index (χ4v) is 1.97. The standard InChI is InChI=1S/C13H19N3O3/c1-13(2,3)19-12(17)16-6-5-8-9(16)7-10(18-4)11(14)15-8/h7H,5-6H2,1-4H3,(H2,14,15). The minimum atomic E-state index is -0.523. The molecule has 0 aliphatic carbocycles. The molecule has 6 heteroatoms. The molecule has 1 aromatic rings. The molecule has 2 N–H and O–H groups in total. The normalized spacial score (nSPS) is 14.2. The summed E-state index contributed by atoms with van der Waals surface area (Å²) in [4.78, 5) is 17.9. The van der Waals surface area contributed by atoms with Crippen molar-refractivity contribution in [2.75, 3.05) is 24.3 Å². The maximum absolute atomic E-state index is 12.1. The third-order valence-corrected chi connectivity index (χ3v) is 2.77. The zero-order valence-corrected chi connectivity index (χ0v) is 11.7. The molecule has 1 aromatic heterocycles. The van der Waals surface area contributed by atoms with Crippen LogP contribution in [0.1, 0.15) is 26.5 Å². The van der Waals surface area contributed by atoms with E-state index in [0.717, 1.165) is 5.69 Å². The summed E-state index contributed by atoms with van der Waals surface area (Å²) in [5, 5.41) is 0. The Morgan fingerprint density at radius 1 is 1.47 bits per heavy atom. The highest BCUT2D eigenvalue weighted by molar-refractivity contribution is 5.90. The molecule has 0 fully saturated rings. The number of fused-ring (bicyclic) bond motifs is 1. The van der Waals surface area contributed by atoms with Crippen molar-refractivity contribution in [2.45, 2.75) is 32.8 Å². The van der Waals surface area contributed by atoms with E-state index in [1.54, 1.807) is 11.0 Å². The fraction of sp³-hybridized carbons (Fsp3) is 0.538. The van der Waals surface area contributed by atoms with E-state index in [1.165, 1.54) is 7.11 Å². The van der Waals surface area contributed by atoms with E-state index in [9.17, 15) is 4.79 Å². The van der Waals surface area contributed by atoms with Gasteiger partial charge in [-0.15, -0.1) is 0 Å². The van der Waals surface area contributed by atoms with Gasteiger partial charge in [0.15, 0.2) is 11.6 Å². The first-order valence-corrected chi connectivity index (χ1v) is 6.15. The Morgan fingerprint density at radius 2 is 2.16 bits per heavy atom. The number of amides is 1. The Labute approximate surface area is 112 Å². The third kappa shape index (κ3) is 2.72. The Bertz CT molecular complexity index is 509. The van der Waals surface area contributed by atoms with Gasteiger partial charge >= 0.3 is 6.09 Å². The average molecular weight is 265 g/mol. The average Bonchev–Trinajstić information content (AvgIpc) is 2.68. The van der Waals surface area contributed by atoms with Crippen LogP contribution in [0.3, 0.4) is 0 Å². The number of nitrogens with two attached hydrogens (primary N) is 1. The molecular weight excluding hydrogens is 246 g/mol. The molecule has 6 nitrogen and oxygen atoms in total. The van der Waals surface area contributed by atoms with E-state index >= 15 is 0 Å². The van der Waals surface area contributed by atoms with E-state index in [2.05, 4.69) is 4.98 Å². The smallest absolute Gasteiger partial charge is 0.414 e. The molecule has 2 heterocycles. The van der Waals surface area contributed by atoms with Gasteiger partial charge in [0.05, 0.1) is 18.5 Å². The second-order valence-electron chi connectivity index (χ2n) is 5.42. The van der Waals surface area contributed by atoms with Crippen molar-refractivity contribution in [3.05, 3.63) is 11.8 Å². The molecule has 0 saturated carbocycles. The zero-order chi connectivity index (χ0) is 14.2. The molecule has 0 saturated heterocycles. The fourth-order valence-electron chi connectivity index (χ4n) is 1.97. The van der Waals surface area contributed by atoms with Gasteiger partial charge in [-0.2, -0.15) is 0 Å². The van der Waals surface area contributed by atoms with Crippen molar-refractivity contribution < 1.29 is 14.3 Å². The van der Waals surface area contributed by atoms with Crippen LogP contribution in [0.25, 0.3) is 0 Å². The summed E-state index contributed by atoms with van der Waals surface area (Å²) < 4.78 is 10.5. The highest BCUT2D eigenvalue weighted by Gasteiger charge is 2.30. The quantitative estimate of drug-likeness (QED) is 0.840. The van der Waals surface area contributed by atoms with Crippen LogP contribution < -0.4 is 15.4 Å².